The van der Waals surface area contributed by atoms with E-state index >= 15 is 0 Å². The van der Waals surface area contributed by atoms with Crippen molar-refractivity contribution in [2.75, 3.05) is 4.90 Å². The van der Waals surface area contributed by atoms with Crippen LogP contribution in [0.4, 0.5) is 11.4 Å². The predicted octanol–water partition coefficient (Wildman–Crippen LogP) is 7.22. The molecule has 2 aliphatic heterocycles. The molecule has 9 heteroatoms. The molecule has 0 bridgehead atoms. The minimum absolute atomic E-state index is 0.0857. The van der Waals surface area contributed by atoms with Crippen LogP contribution in [-0.2, 0) is 0 Å². The maximum Gasteiger partial charge on any atom is 0.270 e. The Kier molecular flexibility index (Phi) is 5.94. The van der Waals surface area contributed by atoms with E-state index in [0.29, 0.717) is 16.3 Å². The highest BCUT2D eigenvalue weighted by Gasteiger charge is 2.71. The molecule has 3 aliphatic rings. The number of hydrogen-bond donors (Lipinski definition) is 0. The van der Waals surface area contributed by atoms with E-state index in [-0.39, 0.29) is 27.4 Å². The average molecular weight is 595 g/mol. The summed E-state index contributed by atoms with van der Waals surface area (Å²) < 4.78 is 0. The monoisotopic (exact) mass is 594 g/mol. The van der Waals surface area contributed by atoms with Crippen molar-refractivity contribution in [3.05, 3.63) is 145 Å². The van der Waals surface area contributed by atoms with E-state index in [2.05, 4.69) is 0 Å². The molecule has 0 amide bonds. The summed E-state index contributed by atoms with van der Waals surface area (Å²) in [6.07, 6.45) is 3.67. The number of carbonyl (C=O) groups is 3. The summed E-state index contributed by atoms with van der Waals surface area (Å²) in [5, 5.41) is 12.2. The molecular weight excluding hydrogens is 575 g/mol. The standard InChI is InChI=1S/C33H20Cl2N2O5/c34-20-13-14-24(25(35)17-20)28-29(30(38)19-7-5-8-21(16-19)37(41)42)36-26-11-4-1-6-18(26)12-15-27(36)33(28)31(39)22-9-2-3-10-23(22)32(33)40/h1-17,27-29H/t27?,28-,29+/m1/s1. The van der Waals surface area contributed by atoms with Crippen molar-refractivity contribution < 1.29 is 19.3 Å². The van der Waals surface area contributed by atoms with Crippen molar-refractivity contribution in [1.29, 1.82) is 0 Å². The van der Waals surface area contributed by atoms with Crippen molar-refractivity contribution in [3.8, 4) is 0 Å². The van der Waals surface area contributed by atoms with Crippen LogP contribution in [-0.4, -0.2) is 34.4 Å². The Morgan fingerprint density at radius 2 is 1.55 bits per heavy atom. The molecule has 206 valence electrons. The third-order valence-corrected chi connectivity index (χ3v) is 9.18. The number of fused-ring (bicyclic) bond motifs is 5. The highest BCUT2D eigenvalue weighted by Crippen LogP contribution is 2.61. The lowest BCUT2D eigenvalue weighted by atomic mass is 9.64. The number of ketones is 3. The maximum atomic E-state index is 14.7. The van der Waals surface area contributed by atoms with Crippen LogP contribution in [0.15, 0.2) is 97.1 Å². The van der Waals surface area contributed by atoms with Crippen LogP contribution in [0.3, 0.4) is 0 Å². The Hall–Kier alpha value is -4.59. The lowest BCUT2D eigenvalue weighted by Gasteiger charge is -2.37. The van der Waals surface area contributed by atoms with Crippen molar-refractivity contribution in [1.82, 2.24) is 0 Å². The number of rotatable bonds is 4. The number of anilines is 1. The number of non-ortho nitro benzene ring substituents is 1. The van der Waals surface area contributed by atoms with Gasteiger partial charge in [0.1, 0.15) is 11.5 Å². The van der Waals surface area contributed by atoms with E-state index in [1.807, 2.05) is 41.3 Å². The normalized spacial score (nSPS) is 21.3. The molecule has 0 N–H and O–H groups in total. The van der Waals surface area contributed by atoms with E-state index in [1.54, 1.807) is 36.4 Å². The number of carbonyl (C=O) groups excluding carboxylic acids is 3. The fourth-order valence-electron chi connectivity index (χ4n) is 6.96. The largest absolute Gasteiger partial charge is 0.352 e. The van der Waals surface area contributed by atoms with Crippen LogP contribution in [0.25, 0.3) is 6.08 Å². The Morgan fingerprint density at radius 1 is 0.857 bits per heavy atom. The Bertz CT molecular complexity index is 1870. The van der Waals surface area contributed by atoms with Gasteiger partial charge in [0.25, 0.3) is 5.69 Å². The molecule has 1 saturated heterocycles. The van der Waals surface area contributed by atoms with Gasteiger partial charge in [-0.2, -0.15) is 0 Å². The maximum absolute atomic E-state index is 14.7. The molecule has 1 aliphatic carbocycles. The first-order chi connectivity index (χ1) is 20.2. The Labute approximate surface area is 250 Å². The zero-order chi connectivity index (χ0) is 29.3. The second-order valence-electron chi connectivity index (χ2n) is 10.6. The van der Waals surface area contributed by atoms with Gasteiger partial charge >= 0.3 is 0 Å². The first-order valence-corrected chi connectivity index (χ1v) is 14.0. The number of benzene rings is 4. The molecule has 7 rings (SSSR count). The molecule has 3 atom stereocenters. The van der Waals surface area contributed by atoms with E-state index in [0.717, 1.165) is 5.56 Å². The lowest BCUT2D eigenvalue weighted by molar-refractivity contribution is -0.384. The fraction of sp³-hybridized carbons (Fsp3) is 0.121. The van der Waals surface area contributed by atoms with E-state index in [4.69, 9.17) is 23.2 Å². The smallest absolute Gasteiger partial charge is 0.270 e. The first-order valence-electron chi connectivity index (χ1n) is 13.2. The highest BCUT2D eigenvalue weighted by atomic mass is 35.5. The van der Waals surface area contributed by atoms with E-state index in [9.17, 15) is 24.5 Å². The predicted molar refractivity (Wildman–Crippen MR) is 160 cm³/mol. The van der Waals surface area contributed by atoms with E-state index in [1.165, 1.54) is 30.3 Å². The molecule has 7 nitrogen and oxygen atoms in total. The van der Waals surface area contributed by atoms with Gasteiger partial charge in [-0.1, -0.05) is 96.0 Å². The summed E-state index contributed by atoms with van der Waals surface area (Å²) >= 11 is 13.1. The molecule has 1 fully saturated rings. The first kappa shape index (κ1) is 26.3. The van der Waals surface area contributed by atoms with Crippen LogP contribution in [0.5, 0.6) is 0 Å². The molecule has 2 heterocycles. The average Bonchev–Trinajstić information content (AvgIpc) is 3.43. The molecule has 1 unspecified atom stereocenters. The topological polar surface area (TPSA) is 97.6 Å². The minimum Gasteiger partial charge on any atom is -0.352 e. The van der Waals surface area contributed by atoms with Crippen LogP contribution in [0.1, 0.15) is 48.1 Å². The Balaban J connectivity index is 1.56. The van der Waals surface area contributed by atoms with Gasteiger partial charge in [0.15, 0.2) is 17.3 Å². The van der Waals surface area contributed by atoms with Crippen molar-refractivity contribution in [2.45, 2.75) is 18.0 Å². The van der Waals surface area contributed by atoms with Gasteiger partial charge in [0.2, 0.25) is 0 Å². The van der Waals surface area contributed by atoms with Gasteiger partial charge in [-0.25, -0.2) is 0 Å². The quantitative estimate of drug-likeness (QED) is 0.107. The van der Waals surface area contributed by atoms with Crippen LogP contribution >= 0.6 is 23.2 Å². The number of Topliss-reactive ketones (excluding diaryl/α,β-unsaturated/α-hetero) is 3. The Morgan fingerprint density at radius 3 is 2.24 bits per heavy atom. The third kappa shape index (κ3) is 3.50. The van der Waals surface area contributed by atoms with Gasteiger partial charge in [0, 0.05) is 50.5 Å². The van der Waals surface area contributed by atoms with Crippen molar-refractivity contribution in [3.63, 3.8) is 0 Å². The second kappa shape index (κ2) is 9.48. The summed E-state index contributed by atoms with van der Waals surface area (Å²) in [5.74, 6) is -2.32. The lowest BCUT2D eigenvalue weighted by Crippen LogP contribution is -2.48. The van der Waals surface area contributed by atoms with Crippen LogP contribution in [0, 0.1) is 15.5 Å². The van der Waals surface area contributed by atoms with Gasteiger partial charge in [-0.15, -0.1) is 0 Å². The zero-order valence-electron chi connectivity index (χ0n) is 21.7. The van der Waals surface area contributed by atoms with Gasteiger partial charge < -0.3 is 4.90 Å². The fourth-order valence-corrected chi connectivity index (χ4v) is 7.48. The number of nitro benzene ring substituents is 1. The number of nitro groups is 1. The molecule has 42 heavy (non-hydrogen) atoms. The molecule has 1 spiro atoms. The minimum atomic E-state index is -1.74. The third-order valence-electron chi connectivity index (χ3n) is 8.62. The summed E-state index contributed by atoms with van der Waals surface area (Å²) in [5.41, 5.74) is 0.553. The zero-order valence-corrected chi connectivity index (χ0v) is 23.3. The van der Waals surface area contributed by atoms with Crippen LogP contribution < -0.4 is 4.90 Å². The molecule has 4 aromatic rings. The summed E-state index contributed by atoms with van der Waals surface area (Å²) in [4.78, 5) is 56.9. The van der Waals surface area contributed by atoms with Gasteiger partial charge in [-0.05, 0) is 29.3 Å². The number of hydrogen-bond acceptors (Lipinski definition) is 6. The molecule has 4 aromatic carbocycles. The highest BCUT2D eigenvalue weighted by molar-refractivity contribution is 6.36. The summed E-state index contributed by atoms with van der Waals surface area (Å²) in [6.45, 7) is 0. The van der Waals surface area contributed by atoms with E-state index < -0.39 is 45.7 Å². The SMILES string of the molecule is O=C(c1cccc([N+](=O)[O-])c1)[C@@H]1[C@@H](c2ccc(Cl)cc2Cl)C2(C(=O)c3ccccc3C2=O)C2C=Cc3ccccc3N21. The molecular formula is C33H20Cl2N2O5. The second-order valence-corrected chi connectivity index (χ2v) is 11.4. The van der Waals surface area contributed by atoms with Gasteiger partial charge in [-0.3, -0.25) is 24.5 Å². The number of para-hydroxylation sites is 1. The number of halogens is 2. The van der Waals surface area contributed by atoms with Crippen molar-refractivity contribution in [2.24, 2.45) is 5.41 Å². The van der Waals surface area contributed by atoms with Gasteiger partial charge in [0.05, 0.1) is 11.0 Å². The van der Waals surface area contributed by atoms with Crippen LogP contribution in [0.2, 0.25) is 10.0 Å². The molecule has 0 radical (unpaired) electrons. The summed E-state index contributed by atoms with van der Waals surface area (Å²) in [7, 11) is 0. The van der Waals surface area contributed by atoms with Crippen molar-refractivity contribution >= 4 is 58.0 Å². The molecule has 0 saturated carbocycles. The number of nitrogens with zero attached hydrogens (tertiary/aromatic N) is 2. The molecule has 0 aromatic heterocycles. The summed E-state index contributed by atoms with van der Waals surface area (Å²) in [6, 6.07) is 22.4.